The molecule has 84 valence electrons. The van der Waals surface area contributed by atoms with Gasteiger partial charge in [-0.25, -0.2) is 0 Å². The average molecular weight is 310 g/mol. The monoisotopic (exact) mass is 310 g/mol. The lowest BCUT2D eigenvalue weighted by atomic mass is 10.1. The van der Waals surface area contributed by atoms with Crippen molar-refractivity contribution in [1.82, 2.24) is 9.80 Å². The maximum absolute atomic E-state index is 2.38. The Kier molecular flexibility index (Phi) is 8.43. The SMILES string of the molecule is CCCCCCCN1C=CN(C)C1.I. The van der Waals surface area contributed by atoms with Gasteiger partial charge in [0.25, 0.3) is 0 Å². The maximum atomic E-state index is 2.38. The van der Waals surface area contributed by atoms with E-state index in [4.69, 9.17) is 0 Å². The summed E-state index contributed by atoms with van der Waals surface area (Å²) >= 11 is 0. The normalized spacial score (nSPS) is 14.7. The van der Waals surface area contributed by atoms with Gasteiger partial charge in [-0.2, -0.15) is 0 Å². The van der Waals surface area contributed by atoms with Crippen LogP contribution in [0.25, 0.3) is 0 Å². The van der Waals surface area contributed by atoms with Crippen molar-refractivity contribution in [2.24, 2.45) is 0 Å². The van der Waals surface area contributed by atoms with E-state index < -0.39 is 0 Å². The maximum Gasteiger partial charge on any atom is 0.0890 e. The van der Waals surface area contributed by atoms with Crippen LogP contribution in [-0.4, -0.2) is 30.1 Å². The fourth-order valence-electron chi connectivity index (χ4n) is 1.65. The van der Waals surface area contributed by atoms with E-state index in [2.05, 4.69) is 36.2 Å². The van der Waals surface area contributed by atoms with Gasteiger partial charge in [-0.1, -0.05) is 32.6 Å². The second-order valence-corrected chi connectivity index (χ2v) is 3.92. The van der Waals surface area contributed by atoms with Crippen molar-refractivity contribution in [2.45, 2.75) is 39.0 Å². The molecule has 0 fully saturated rings. The van der Waals surface area contributed by atoms with Crippen LogP contribution in [-0.2, 0) is 0 Å². The van der Waals surface area contributed by atoms with E-state index in [1.807, 2.05) is 0 Å². The fraction of sp³-hybridized carbons (Fsp3) is 0.818. The van der Waals surface area contributed by atoms with Gasteiger partial charge in [0.2, 0.25) is 0 Å². The van der Waals surface area contributed by atoms with Gasteiger partial charge >= 0.3 is 0 Å². The first kappa shape index (κ1) is 14.1. The van der Waals surface area contributed by atoms with Crippen LogP contribution in [0.5, 0.6) is 0 Å². The predicted molar refractivity (Wildman–Crippen MR) is 72.7 cm³/mol. The van der Waals surface area contributed by atoms with Crippen LogP contribution in [0.2, 0.25) is 0 Å². The van der Waals surface area contributed by atoms with E-state index in [9.17, 15) is 0 Å². The first-order valence-corrected chi connectivity index (χ1v) is 5.45. The van der Waals surface area contributed by atoms with Crippen LogP contribution >= 0.6 is 24.0 Å². The molecule has 0 spiro atoms. The zero-order valence-corrected chi connectivity index (χ0v) is 11.7. The first-order chi connectivity index (χ1) is 6.33. The number of hydrogen-bond acceptors (Lipinski definition) is 2. The highest BCUT2D eigenvalue weighted by Gasteiger charge is 2.06. The summed E-state index contributed by atoms with van der Waals surface area (Å²) < 4.78 is 0. The van der Waals surface area contributed by atoms with Crippen LogP contribution in [0.15, 0.2) is 12.4 Å². The third-order valence-electron chi connectivity index (χ3n) is 2.49. The average Bonchev–Trinajstić information content (AvgIpc) is 2.51. The van der Waals surface area contributed by atoms with Crippen LogP contribution in [0.1, 0.15) is 39.0 Å². The Balaban J connectivity index is 0.00000169. The number of halogens is 1. The molecule has 0 bridgehead atoms. The molecule has 0 aromatic carbocycles. The number of hydrogen-bond donors (Lipinski definition) is 0. The van der Waals surface area contributed by atoms with Crippen molar-refractivity contribution in [2.75, 3.05) is 20.3 Å². The molecule has 0 amide bonds. The molecule has 3 heteroatoms. The van der Waals surface area contributed by atoms with Gasteiger partial charge in [0.05, 0.1) is 6.67 Å². The molecule has 0 saturated heterocycles. The van der Waals surface area contributed by atoms with Crippen molar-refractivity contribution in [3.63, 3.8) is 0 Å². The minimum atomic E-state index is 0. The molecule has 14 heavy (non-hydrogen) atoms. The predicted octanol–water partition coefficient (Wildman–Crippen LogP) is 3.25. The lowest BCUT2D eigenvalue weighted by Gasteiger charge is -2.17. The van der Waals surface area contributed by atoms with E-state index in [1.54, 1.807) is 0 Å². The number of unbranched alkanes of at least 4 members (excludes halogenated alkanes) is 4. The molecular formula is C11H23IN2. The van der Waals surface area contributed by atoms with Crippen molar-refractivity contribution in [3.05, 3.63) is 12.4 Å². The van der Waals surface area contributed by atoms with Crippen molar-refractivity contribution in [3.8, 4) is 0 Å². The van der Waals surface area contributed by atoms with Crippen LogP contribution in [0.3, 0.4) is 0 Å². The summed E-state index contributed by atoms with van der Waals surface area (Å²) in [6.45, 7) is 4.57. The molecule has 0 atom stereocenters. The molecule has 0 unspecified atom stereocenters. The Labute approximate surface area is 105 Å². The summed E-state index contributed by atoms with van der Waals surface area (Å²) in [4.78, 5) is 4.60. The van der Waals surface area contributed by atoms with Crippen molar-refractivity contribution >= 4 is 24.0 Å². The zero-order chi connectivity index (χ0) is 9.52. The minimum absolute atomic E-state index is 0. The van der Waals surface area contributed by atoms with E-state index in [0.717, 1.165) is 6.67 Å². The molecule has 0 aliphatic carbocycles. The third-order valence-corrected chi connectivity index (χ3v) is 2.49. The first-order valence-electron chi connectivity index (χ1n) is 5.45. The van der Waals surface area contributed by atoms with E-state index in [1.165, 1.54) is 38.6 Å². The number of nitrogens with zero attached hydrogens (tertiary/aromatic N) is 2. The molecule has 1 aliphatic heterocycles. The topological polar surface area (TPSA) is 6.48 Å². The summed E-state index contributed by atoms with van der Waals surface area (Å²) in [6.07, 6.45) is 11.2. The lowest BCUT2D eigenvalue weighted by Crippen LogP contribution is -2.23. The molecule has 0 aromatic rings. The molecule has 2 nitrogen and oxygen atoms in total. The molecule has 0 aromatic heterocycles. The van der Waals surface area contributed by atoms with Gasteiger partial charge in [0, 0.05) is 26.0 Å². The second-order valence-electron chi connectivity index (χ2n) is 3.92. The molecule has 1 rings (SSSR count). The van der Waals surface area contributed by atoms with Crippen LogP contribution in [0, 0.1) is 0 Å². The number of rotatable bonds is 6. The summed E-state index contributed by atoms with van der Waals surface area (Å²) in [5.74, 6) is 0. The Morgan fingerprint density at radius 1 is 1.07 bits per heavy atom. The van der Waals surface area contributed by atoms with Gasteiger partial charge in [0.1, 0.15) is 0 Å². The van der Waals surface area contributed by atoms with E-state index in [0.29, 0.717) is 0 Å². The van der Waals surface area contributed by atoms with Crippen molar-refractivity contribution in [1.29, 1.82) is 0 Å². The Bertz CT molecular complexity index is 159. The second kappa shape index (κ2) is 8.38. The summed E-state index contributed by atoms with van der Waals surface area (Å²) in [5, 5.41) is 0. The summed E-state index contributed by atoms with van der Waals surface area (Å²) in [6, 6.07) is 0. The molecule has 0 radical (unpaired) electrons. The molecule has 0 saturated carbocycles. The van der Waals surface area contributed by atoms with E-state index in [-0.39, 0.29) is 24.0 Å². The van der Waals surface area contributed by atoms with E-state index >= 15 is 0 Å². The molecular weight excluding hydrogens is 287 g/mol. The smallest absolute Gasteiger partial charge is 0.0890 e. The standard InChI is InChI=1S/C11H22N2.HI/c1-3-4-5-6-7-8-13-10-9-12(2)11-13;/h9-10H,3-8,11H2,1-2H3;1H. The van der Waals surface area contributed by atoms with Crippen molar-refractivity contribution < 1.29 is 0 Å². The van der Waals surface area contributed by atoms with Gasteiger partial charge in [-0.15, -0.1) is 24.0 Å². The lowest BCUT2D eigenvalue weighted by molar-refractivity contribution is 0.291. The summed E-state index contributed by atoms with van der Waals surface area (Å²) in [7, 11) is 2.12. The molecule has 1 aliphatic rings. The Morgan fingerprint density at radius 3 is 2.36 bits per heavy atom. The fourth-order valence-corrected chi connectivity index (χ4v) is 1.65. The zero-order valence-electron chi connectivity index (χ0n) is 9.41. The van der Waals surface area contributed by atoms with Gasteiger partial charge < -0.3 is 9.80 Å². The minimum Gasteiger partial charge on any atom is -0.362 e. The largest absolute Gasteiger partial charge is 0.362 e. The highest BCUT2D eigenvalue weighted by Crippen LogP contribution is 2.07. The quantitative estimate of drug-likeness (QED) is 0.549. The Hall–Kier alpha value is 0.0700. The van der Waals surface area contributed by atoms with Crippen LogP contribution < -0.4 is 0 Å². The molecule has 1 heterocycles. The van der Waals surface area contributed by atoms with Gasteiger partial charge in [0.15, 0.2) is 0 Å². The highest BCUT2D eigenvalue weighted by atomic mass is 127. The molecule has 0 N–H and O–H groups in total. The highest BCUT2D eigenvalue weighted by molar-refractivity contribution is 14.0. The van der Waals surface area contributed by atoms with Gasteiger partial charge in [-0.3, -0.25) is 0 Å². The van der Waals surface area contributed by atoms with Crippen LogP contribution in [0.4, 0.5) is 0 Å². The third kappa shape index (κ3) is 5.73. The van der Waals surface area contributed by atoms with Gasteiger partial charge in [-0.05, 0) is 6.42 Å². The summed E-state index contributed by atoms with van der Waals surface area (Å²) in [5.41, 5.74) is 0. The Morgan fingerprint density at radius 2 is 1.79 bits per heavy atom.